The third-order valence-corrected chi connectivity index (χ3v) is 3.27. The molecule has 6 nitrogen and oxygen atoms in total. The van der Waals surface area contributed by atoms with E-state index in [4.69, 9.17) is 5.26 Å². The predicted octanol–water partition coefficient (Wildman–Crippen LogP) is 2.01. The van der Waals surface area contributed by atoms with Crippen LogP contribution < -0.4 is 5.56 Å². The zero-order valence-electron chi connectivity index (χ0n) is 11.1. The Bertz CT molecular complexity index is 861. The van der Waals surface area contributed by atoms with Crippen LogP contribution in [0.25, 0.3) is 16.9 Å². The number of nitriles is 1. The van der Waals surface area contributed by atoms with Gasteiger partial charge in [-0.05, 0) is 12.0 Å². The molecule has 0 bridgehead atoms. The van der Waals surface area contributed by atoms with Crippen LogP contribution in [0.1, 0.15) is 30.9 Å². The highest BCUT2D eigenvalue weighted by Gasteiger charge is 2.19. The second-order valence-corrected chi connectivity index (χ2v) is 4.89. The van der Waals surface area contributed by atoms with Gasteiger partial charge in [0.1, 0.15) is 11.6 Å². The first-order chi connectivity index (χ1) is 9.63. The number of nitrogens with zero attached hydrogens (tertiary/aromatic N) is 3. The summed E-state index contributed by atoms with van der Waals surface area (Å²) in [6.45, 7) is 3.91. The van der Waals surface area contributed by atoms with Crippen molar-refractivity contribution in [2.75, 3.05) is 0 Å². The highest BCUT2D eigenvalue weighted by atomic mass is 16.1. The number of hydrogen-bond donors (Lipinski definition) is 2. The van der Waals surface area contributed by atoms with Gasteiger partial charge >= 0.3 is 0 Å². The number of hydrogen-bond acceptors (Lipinski definition) is 3. The van der Waals surface area contributed by atoms with E-state index in [1.807, 2.05) is 26.0 Å². The quantitative estimate of drug-likeness (QED) is 0.744. The number of nitrogens with one attached hydrogen (secondary N) is 2. The molecule has 0 saturated heterocycles. The monoisotopic (exact) mass is 267 g/mol. The van der Waals surface area contributed by atoms with Crippen molar-refractivity contribution < 1.29 is 0 Å². The van der Waals surface area contributed by atoms with E-state index in [0.29, 0.717) is 22.5 Å². The Morgan fingerprint density at radius 2 is 2.20 bits per heavy atom. The van der Waals surface area contributed by atoms with Crippen molar-refractivity contribution in [2.45, 2.75) is 19.8 Å². The van der Waals surface area contributed by atoms with Gasteiger partial charge in [0, 0.05) is 29.7 Å². The topological polar surface area (TPSA) is 89.7 Å². The number of aromatic nitrogens is 4. The zero-order valence-corrected chi connectivity index (χ0v) is 11.1. The van der Waals surface area contributed by atoms with Crippen molar-refractivity contribution in [3.8, 4) is 17.3 Å². The van der Waals surface area contributed by atoms with E-state index in [2.05, 4.69) is 15.1 Å². The second-order valence-electron chi connectivity index (χ2n) is 4.89. The molecular weight excluding hydrogens is 254 g/mol. The molecule has 2 N–H and O–H groups in total. The Morgan fingerprint density at radius 1 is 1.40 bits per heavy atom. The lowest BCUT2D eigenvalue weighted by atomic mass is 10.00. The number of H-pyrrole nitrogens is 2. The molecule has 0 aromatic carbocycles. The fourth-order valence-electron chi connectivity index (χ4n) is 2.32. The number of aromatic amines is 2. The molecule has 0 unspecified atom stereocenters. The van der Waals surface area contributed by atoms with Crippen LogP contribution in [0.5, 0.6) is 0 Å². The molecule has 20 heavy (non-hydrogen) atoms. The van der Waals surface area contributed by atoms with Crippen LogP contribution >= 0.6 is 0 Å². The fraction of sp³-hybridized carbons (Fsp3) is 0.214. The van der Waals surface area contributed by atoms with Gasteiger partial charge in [0.2, 0.25) is 0 Å². The maximum absolute atomic E-state index is 12.6. The summed E-state index contributed by atoms with van der Waals surface area (Å²) in [5, 5.41) is 11.9. The average Bonchev–Trinajstić information content (AvgIpc) is 3.07. The van der Waals surface area contributed by atoms with E-state index >= 15 is 0 Å². The summed E-state index contributed by atoms with van der Waals surface area (Å²) in [5.41, 5.74) is 2.66. The molecule has 0 aliphatic carbocycles. The Kier molecular flexibility index (Phi) is 2.68. The van der Waals surface area contributed by atoms with Gasteiger partial charge in [-0.15, -0.1) is 0 Å². The van der Waals surface area contributed by atoms with Crippen LogP contribution in [-0.2, 0) is 0 Å². The Balaban J connectivity index is 2.46. The van der Waals surface area contributed by atoms with Gasteiger partial charge in [-0.3, -0.25) is 9.89 Å². The minimum atomic E-state index is -0.164. The molecule has 3 rings (SSSR count). The normalized spacial score (nSPS) is 11.1. The third kappa shape index (κ3) is 1.64. The van der Waals surface area contributed by atoms with Crippen molar-refractivity contribution in [2.24, 2.45) is 0 Å². The highest BCUT2D eigenvalue weighted by Crippen LogP contribution is 2.25. The summed E-state index contributed by atoms with van der Waals surface area (Å²) >= 11 is 0. The molecule has 100 valence electrons. The van der Waals surface area contributed by atoms with Crippen LogP contribution in [0.4, 0.5) is 0 Å². The Labute approximate surface area is 114 Å². The van der Waals surface area contributed by atoms with E-state index in [1.54, 1.807) is 12.4 Å². The molecule has 6 heteroatoms. The van der Waals surface area contributed by atoms with Gasteiger partial charge in [0.25, 0.3) is 5.56 Å². The van der Waals surface area contributed by atoms with E-state index in [-0.39, 0.29) is 11.5 Å². The van der Waals surface area contributed by atoms with Gasteiger partial charge in [0.15, 0.2) is 5.65 Å². The minimum Gasteiger partial charge on any atom is -0.367 e. The predicted molar refractivity (Wildman–Crippen MR) is 74.4 cm³/mol. The average molecular weight is 267 g/mol. The summed E-state index contributed by atoms with van der Waals surface area (Å²) in [5.74, 6) is 0.0330. The van der Waals surface area contributed by atoms with Crippen molar-refractivity contribution in [3.63, 3.8) is 0 Å². The largest absolute Gasteiger partial charge is 0.367 e. The fourth-order valence-corrected chi connectivity index (χ4v) is 2.32. The summed E-state index contributed by atoms with van der Waals surface area (Å²) in [6.07, 6.45) is 5.07. The molecule has 0 amide bonds. The minimum absolute atomic E-state index is 0.0330. The molecule has 0 atom stereocenters. The van der Waals surface area contributed by atoms with Gasteiger partial charge in [0.05, 0.1) is 5.69 Å². The first kappa shape index (κ1) is 12.2. The summed E-state index contributed by atoms with van der Waals surface area (Å²) in [4.78, 5) is 20.1. The molecule has 0 saturated carbocycles. The lowest BCUT2D eigenvalue weighted by molar-refractivity contribution is 0.797. The highest BCUT2D eigenvalue weighted by molar-refractivity contribution is 5.67. The van der Waals surface area contributed by atoms with E-state index in [1.165, 1.54) is 10.7 Å². The van der Waals surface area contributed by atoms with Crippen molar-refractivity contribution in [3.05, 3.63) is 46.1 Å². The van der Waals surface area contributed by atoms with Crippen LogP contribution in [-0.4, -0.2) is 19.6 Å². The Morgan fingerprint density at radius 3 is 2.80 bits per heavy atom. The summed E-state index contributed by atoms with van der Waals surface area (Å²) < 4.78 is 1.32. The molecule has 3 heterocycles. The number of fused-ring (bicyclic) bond motifs is 1. The third-order valence-electron chi connectivity index (χ3n) is 3.27. The van der Waals surface area contributed by atoms with Crippen LogP contribution in [0.2, 0.25) is 0 Å². The smallest absolute Gasteiger partial charge is 0.276 e. The maximum atomic E-state index is 12.6. The van der Waals surface area contributed by atoms with Crippen LogP contribution in [0, 0.1) is 11.3 Å². The summed E-state index contributed by atoms with van der Waals surface area (Å²) in [6, 6.07) is 3.90. The van der Waals surface area contributed by atoms with Gasteiger partial charge in [-0.2, -0.15) is 5.26 Å². The van der Waals surface area contributed by atoms with Gasteiger partial charge in [-0.1, -0.05) is 13.8 Å². The van der Waals surface area contributed by atoms with Crippen molar-refractivity contribution in [1.82, 2.24) is 19.6 Å². The van der Waals surface area contributed by atoms with Gasteiger partial charge < -0.3 is 4.98 Å². The zero-order chi connectivity index (χ0) is 14.3. The Hall–Kier alpha value is -2.81. The molecule has 0 radical (unpaired) electrons. The summed E-state index contributed by atoms with van der Waals surface area (Å²) in [7, 11) is 0. The lowest BCUT2D eigenvalue weighted by Gasteiger charge is -2.10. The SMILES string of the molecule is CC(C)c1c(-c2cc[nH]c2)nc2c(C#N)c[nH]n2c1=O. The molecule has 3 aromatic rings. The molecule has 0 aliphatic heterocycles. The van der Waals surface area contributed by atoms with E-state index < -0.39 is 0 Å². The first-order valence-electron chi connectivity index (χ1n) is 6.30. The van der Waals surface area contributed by atoms with Gasteiger partial charge in [-0.25, -0.2) is 9.50 Å². The molecular formula is C14H13N5O. The van der Waals surface area contributed by atoms with E-state index in [9.17, 15) is 4.79 Å². The van der Waals surface area contributed by atoms with Crippen molar-refractivity contribution in [1.29, 1.82) is 5.26 Å². The maximum Gasteiger partial charge on any atom is 0.276 e. The molecule has 0 aliphatic rings. The standard InChI is InChI=1S/C14H13N5O/c1-8(2)11-12(9-3-4-16-6-9)18-13-10(5-15)7-17-19(13)14(11)20/h3-4,6-8,16-17H,1-2H3. The van der Waals surface area contributed by atoms with Crippen LogP contribution in [0.15, 0.2) is 29.5 Å². The molecule has 0 spiro atoms. The number of rotatable bonds is 2. The van der Waals surface area contributed by atoms with Crippen molar-refractivity contribution >= 4 is 5.65 Å². The second kappa shape index (κ2) is 4.38. The van der Waals surface area contributed by atoms with E-state index in [0.717, 1.165) is 5.56 Å². The van der Waals surface area contributed by atoms with Crippen LogP contribution in [0.3, 0.4) is 0 Å². The first-order valence-corrected chi connectivity index (χ1v) is 6.30. The molecule has 0 fully saturated rings. The lowest BCUT2D eigenvalue weighted by Crippen LogP contribution is -2.22. The molecule has 3 aromatic heterocycles.